The van der Waals surface area contributed by atoms with E-state index in [1.54, 1.807) is 0 Å². The minimum absolute atomic E-state index is 0.0717. The molecule has 0 aliphatic rings. The van der Waals surface area contributed by atoms with E-state index in [0.717, 1.165) is 38.8 Å². The van der Waals surface area contributed by atoms with Gasteiger partial charge in [-0.05, 0) is 38.8 Å². The van der Waals surface area contributed by atoms with Crippen LogP contribution in [0.3, 0.4) is 0 Å². The first-order chi connectivity index (χ1) is 15.0. The lowest BCUT2D eigenvalue weighted by Crippen LogP contribution is -2.35. The average molecular weight is 505 g/mol. The lowest BCUT2D eigenvalue weighted by molar-refractivity contribution is 0.0361. The summed E-state index contributed by atoms with van der Waals surface area (Å²) in [5, 5.41) is 25.9. The van der Waals surface area contributed by atoms with Crippen LogP contribution in [0, 0.1) is 0 Å². The number of hydrogen-bond donors (Lipinski definition) is 10. The summed E-state index contributed by atoms with van der Waals surface area (Å²) in [6.45, 7) is 3.25. The molecule has 0 aliphatic carbocycles. The fourth-order valence-electron chi connectivity index (χ4n) is 2.77. The third kappa shape index (κ3) is 26.2. The smallest absolute Gasteiger partial charge is 0.390 e. The molecule has 0 saturated carbocycles. The minimum Gasteiger partial charge on any atom is -0.390 e. The summed E-state index contributed by atoms with van der Waals surface area (Å²) in [4.78, 5) is 53.1. The number of aliphatic hydroxyl groups is 2. The summed E-state index contributed by atoms with van der Waals surface area (Å²) in [6.07, 6.45) is 3.47. The molecule has 0 spiro atoms. The Balaban J connectivity index is 3.31. The maximum atomic E-state index is 9.77. The molecule has 2 atom stereocenters. The SMILES string of the molecule is OC(CNCCCCCCNCC(O)COCCC[Si](O)(O)O)COCCC[Si](O)(O)O. The summed E-state index contributed by atoms with van der Waals surface area (Å²) in [7, 11) is -7.98. The molecule has 0 saturated heterocycles. The second kappa shape index (κ2) is 19.3. The van der Waals surface area contributed by atoms with Gasteiger partial charge in [-0.3, -0.25) is 0 Å². The van der Waals surface area contributed by atoms with E-state index in [1.807, 2.05) is 0 Å². The maximum Gasteiger partial charge on any atom is 0.492 e. The Morgan fingerprint density at radius 1 is 0.562 bits per heavy atom. The zero-order valence-corrected chi connectivity index (χ0v) is 20.9. The molecular weight excluding hydrogens is 460 g/mol. The molecule has 0 aromatic heterocycles. The van der Waals surface area contributed by atoms with E-state index in [2.05, 4.69) is 10.6 Å². The van der Waals surface area contributed by atoms with Gasteiger partial charge >= 0.3 is 17.6 Å². The normalized spacial score (nSPS) is 14.6. The average Bonchev–Trinajstić information content (AvgIpc) is 2.67. The zero-order chi connectivity index (χ0) is 24.3. The lowest BCUT2D eigenvalue weighted by atomic mass is 10.2. The summed E-state index contributed by atoms with van der Waals surface area (Å²) in [5.74, 6) is 0. The quantitative estimate of drug-likeness (QED) is 0.0502. The third-order valence-electron chi connectivity index (χ3n) is 4.44. The van der Waals surface area contributed by atoms with Gasteiger partial charge in [0.2, 0.25) is 0 Å². The summed E-state index contributed by atoms with van der Waals surface area (Å²) in [5.41, 5.74) is 0. The maximum absolute atomic E-state index is 9.77. The molecule has 0 aromatic rings. The first-order valence-corrected chi connectivity index (χ1v) is 15.4. The number of nitrogens with one attached hydrogen (secondary N) is 2. The highest BCUT2D eigenvalue weighted by molar-refractivity contribution is 6.56. The van der Waals surface area contributed by atoms with Crippen LogP contribution < -0.4 is 10.6 Å². The molecule has 0 radical (unpaired) electrons. The highest BCUT2D eigenvalue weighted by Gasteiger charge is 2.26. The molecular formula is C18H44N2O10Si2. The van der Waals surface area contributed by atoms with Crippen LogP contribution in [0.5, 0.6) is 0 Å². The monoisotopic (exact) mass is 504 g/mol. The van der Waals surface area contributed by atoms with Gasteiger partial charge in [0, 0.05) is 38.4 Å². The largest absolute Gasteiger partial charge is 0.492 e. The molecule has 0 rings (SSSR count). The molecule has 0 aromatic carbocycles. The van der Waals surface area contributed by atoms with Crippen molar-refractivity contribution in [3.63, 3.8) is 0 Å². The van der Waals surface area contributed by atoms with Gasteiger partial charge in [-0.1, -0.05) is 12.8 Å². The van der Waals surface area contributed by atoms with Gasteiger partial charge in [-0.15, -0.1) is 0 Å². The molecule has 0 bridgehead atoms. The second-order valence-electron chi connectivity index (χ2n) is 8.04. The molecule has 0 aliphatic heterocycles. The van der Waals surface area contributed by atoms with Crippen LogP contribution in [0.15, 0.2) is 0 Å². The Kier molecular flexibility index (Phi) is 19.3. The first-order valence-electron chi connectivity index (χ1n) is 11.3. The molecule has 12 nitrogen and oxygen atoms in total. The van der Waals surface area contributed by atoms with Gasteiger partial charge in [0.25, 0.3) is 0 Å². The van der Waals surface area contributed by atoms with E-state index >= 15 is 0 Å². The van der Waals surface area contributed by atoms with Crippen molar-refractivity contribution in [2.75, 3.05) is 52.6 Å². The van der Waals surface area contributed by atoms with Crippen molar-refractivity contribution in [3.05, 3.63) is 0 Å². The molecule has 10 N–H and O–H groups in total. The van der Waals surface area contributed by atoms with E-state index in [4.69, 9.17) is 38.2 Å². The minimum atomic E-state index is -3.99. The van der Waals surface area contributed by atoms with Crippen molar-refractivity contribution in [3.8, 4) is 0 Å². The lowest BCUT2D eigenvalue weighted by Gasteiger charge is -2.14. The second-order valence-corrected chi connectivity index (χ2v) is 12.1. The highest BCUT2D eigenvalue weighted by atomic mass is 28.4. The zero-order valence-electron chi connectivity index (χ0n) is 18.9. The predicted molar refractivity (Wildman–Crippen MR) is 122 cm³/mol. The van der Waals surface area contributed by atoms with E-state index in [-0.39, 0.29) is 38.5 Å². The van der Waals surface area contributed by atoms with Gasteiger partial charge in [0.1, 0.15) is 0 Å². The van der Waals surface area contributed by atoms with Crippen LogP contribution in [0.25, 0.3) is 0 Å². The Labute approximate surface area is 192 Å². The molecule has 0 fully saturated rings. The van der Waals surface area contributed by atoms with E-state index < -0.39 is 29.8 Å². The molecule has 2 unspecified atom stereocenters. The van der Waals surface area contributed by atoms with E-state index in [1.165, 1.54) is 0 Å². The van der Waals surface area contributed by atoms with Crippen molar-refractivity contribution >= 4 is 17.6 Å². The van der Waals surface area contributed by atoms with Crippen LogP contribution in [0.2, 0.25) is 12.1 Å². The Morgan fingerprint density at radius 3 is 1.28 bits per heavy atom. The highest BCUT2D eigenvalue weighted by Crippen LogP contribution is 2.03. The standard InChI is InChI=1S/C18H44N2O10Si2/c21-17(15-29-9-5-11-31(23,24)25)13-19-7-3-1-2-4-8-20-14-18(22)16-30-10-6-12-32(26,27)28/h17-28H,1-16H2. The van der Waals surface area contributed by atoms with Crippen molar-refractivity contribution in [1.82, 2.24) is 10.6 Å². The van der Waals surface area contributed by atoms with Crippen LogP contribution in [0.4, 0.5) is 0 Å². The van der Waals surface area contributed by atoms with Crippen molar-refractivity contribution in [2.45, 2.75) is 62.8 Å². The summed E-state index contributed by atoms with van der Waals surface area (Å²) < 4.78 is 10.5. The topological polar surface area (TPSA) is 204 Å². The first kappa shape index (κ1) is 32.0. The van der Waals surface area contributed by atoms with Gasteiger partial charge < -0.3 is 59.1 Å². The van der Waals surface area contributed by atoms with Crippen molar-refractivity contribution in [2.24, 2.45) is 0 Å². The molecule has 32 heavy (non-hydrogen) atoms. The van der Waals surface area contributed by atoms with Crippen LogP contribution in [0.1, 0.15) is 38.5 Å². The van der Waals surface area contributed by atoms with Gasteiger partial charge in [0.05, 0.1) is 25.4 Å². The molecule has 0 heterocycles. The number of ether oxygens (including phenoxy) is 2. The number of unbranched alkanes of at least 4 members (excludes halogenated alkanes) is 3. The van der Waals surface area contributed by atoms with Crippen LogP contribution in [-0.4, -0.2) is 121 Å². The number of rotatable bonds is 23. The van der Waals surface area contributed by atoms with Crippen LogP contribution >= 0.6 is 0 Å². The van der Waals surface area contributed by atoms with Gasteiger partial charge in [-0.2, -0.15) is 0 Å². The van der Waals surface area contributed by atoms with Gasteiger partial charge in [-0.25, -0.2) is 0 Å². The fraction of sp³-hybridized carbons (Fsp3) is 1.00. The van der Waals surface area contributed by atoms with Crippen molar-refractivity contribution in [1.29, 1.82) is 0 Å². The Hall–Kier alpha value is -0.0462. The molecule has 14 heteroatoms. The number of hydrogen-bond acceptors (Lipinski definition) is 12. The molecule has 194 valence electrons. The summed E-state index contributed by atoms with van der Waals surface area (Å²) >= 11 is 0. The van der Waals surface area contributed by atoms with Gasteiger partial charge in [0.15, 0.2) is 0 Å². The van der Waals surface area contributed by atoms with Crippen LogP contribution in [-0.2, 0) is 9.47 Å². The Morgan fingerprint density at radius 2 is 0.938 bits per heavy atom. The van der Waals surface area contributed by atoms with Crippen molar-refractivity contribution < 1.29 is 48.5 Å². The van der Waals surface area contributed by atoms with E-state index in [0.29, 0.717) is 25.9 Å². The third-order valence-corrected chi connectivity index (χ3v) is 6.49. The Bertz CT molecular complexity index is 390. The predicted octanol–water partition coefficient (Wildman–Crippen LogP) is -2.91. The summed E-state index contributed by atoms with van der Waals surface area (Å²) in [6, 6.07) is -0.143. The van der Waals surface area contributed by atoms with E-state index in [9.17, 15) is 10.2 Å². The fourth-order valence-corrected chi connectivity index (χ4v) is 4.01. The molecule has 0 amide bonds. The number of aliphatic hydroxyl groups excluding tert-OH is 2.